The number of aromatic amines is 1. The predicted octanol–water partition coefficient (Wildman–Crippen LogP) is 3.33. The second-order valence-corrected chi connectivity index (χ2v) is 5.37. The van der Waals surface area contributed by atoms with Gasteiger partial charge in [-0.2, -0.15) is 0 Å². The maximum atomic E-state index is 3.43. The summed E-state index contributed by atoms with van der Waals surface area (Å²) in [6.45, 7) is 0.808. The fourth-order valence-electron chi connectivity index (χ4n) is 2.33. The molecule has 0 saturated heterocycles. The van der Waals surface area contributed by atoms with Crippen LogP contribution in [-0.4, -0.2) is 14.1 Å². The summed E-state index contributed by atoms with van der Waals surface area (Å²) in [7, 11) is 4.11. The van der Waals surface area contributed by atoms with Gasteiger partial charge in [-0.15, -0.1) is 0 Å². The summed E-state index contributed by atoms with van der Waals surface area (Å²) in [5.74, 6) is 1.03. The first-order valence-corrected chi connectivity index (χ1v) is 7.13. The summed E-state index contributed by atoms with van der Waals surface area (Å²) in [6.07, 6.45) is 0. The summed E-state index contributed by atoms with van der Waals surface area (Å²) < 4.78 is 0. The van der Waals surface area contributed by atoms with Crippen LogP contribution < -0.4 is 15.2 Å². The lowest BCUT2D eigenvalue weighted by atomic mass is 10.2. The molecule has 0 saturated carbocycles. The number of aromatic nitrogens is 1. The summed E-state index contributed by atoms with van der Waals surface area (Å²) >= 11 is 0. The van der Waals surface area contributed by atoms with Gasteiger partial charge in [-0.1, -0.05) is 30.3 Å². The Morgan fingerprint density at radius 1 is 0.905 bits per heavy atom. The van der Waals surface area contributed by atoms with Crippen LogP contribution in [0, 0.1) is 0 Å². The standard InChI is InChI=1S/C18H19N3/c1-21(2)16-10-7-14(8-11-16)13-19-18-12-9-15-5-3-4-6-17(15)20-18/h3-12H,13H2,1-2H3,(H,19,20)/p+1. The number of para-hydroxylation sites is 1. The number of hydrogen-bond acceptors (Lipinski definition) is 2. The Bertz CT molecular complexity index is 733. The highest BCUT2D eigenvalue weighted by Crippen LogP contribution is 2.14. The lowest BCUT2D eigenvalue weighted by Crippen LogP contribution is -2.13. The summed E-state index contributed by atoms with van der Waals surface area (Å²) in [6, 6.07) is 21.1. The van der Waals surface area contributed by atoms with E-state index in [-0.39, 0.29) is 0 Å². The van der Waals surface area contributed by atoms with Crippen LogP contribution in [0.25, 0.3) is 10.9 Å². The van der Waals surface area contributed by atoms with Crippen molar-refractivity contribution in [3.8, 4) is 0 Å². The lowest BCUT2D eigenvalue weighted by Gasteiger charge is -2.12. The Morgan fingerprint density at radius 2 is 1.67 bits per heavy atom. The van der Waals surface area contributed by atoms with Crippen molar-refractivity contribution in [3.63, 3.8) is 0 Å². The van der Waals surface area contributed by atoms with Crippen molar-refractivity contribution in [1.29, 1.82) is 0 Å². The third kappa shape index (κ3) is 3.14. The topological polar surface area (TPSA) is 29.4 Å². The molecule has 0 amide bonds. The van der Waals surface area contributed by atoms with E-state index < -0.39 is 0 Å². The zero-order valence-corrected chi connectivity index (χ0v) is 12.4. The predicted molar refractivity (Wildman–Crippen MR) is 88.6 cm³/mol. The molecule has 3 aromatic rings. The van der Waals surface area contributed by atoms with Crippen molar-refractivity contribution in [2.75, 3.05) is 24.3 Å². The highest BCUT2D eigenvalue weighted by Gasteiger charge is 2.04. The molecule has 0 fully saturated rings. The fraction of sp³-hybridized carbons (Fsp3) is 0.167. The molecule has 2 N–H and O–H groups in total. The summed E-state index contributed by atoms with van der Waals surface area (Å²) in [4.78, 5) is 5.51. The number of anilines is 2. The van der Waals surface area contributed by atoms with Crippen molar-refractivity contribution in [1.82, 2.24) is 0 Å². The van der Waals surface area contributed by atoms with E-state index in [9.17, 15) is 0 Å². The molecule has 0 unspecified atom stereocenters. The maximum Gasteiger partial charge on any atom is 0.272 e. The number of H-pyrrole nitrogens is 1. The third-order valence-electron chi connectivity index (χ3n) is 3.60. The number of fused-ring (bicyclic) bond motifs is 1. The molecule has 3 rings (SSSR count). The molecule has 0 bridgehead atoms. The minimum Gasteiger partial charge on any atom is -0.378 e. The Balaban J connectivity index is 1.71. The fourth-order valence-corrected chi connectivity index (χ4v) is 2.33. The van der Waals surface area contributed by atoms with E-state index in [0.717, 1.165) is 17.9 Å². The molecule has 0 atom stereocenters. The van der Waals surface area contributed by atoms with Gasteiger partial charge in [-0.25, -0.2) is 4.98 Å². The van der Waals surface area contributed by atoms with E-state index in [4.69, 9.17) is 0 Å². The first-order valence-electron chi connectivity index (χ1n) is 7.13. The Hall–Kier alpha value is -2.55. The average Bonchev–Trinajstić information content (AvgIpc) is 2.53. The van der Waals surface area contributed by atoms with Gasteiger partial charge in [0.1, 0.15) is 12.1 Å². The Kier molecular flexibility index (Phi) is 3.73. The molecule has 0 spiro atoms. The van der Waals surface area contributed by atoms with Crippen molar-refractivity contribution >= 4 is 22.4 Å². The molecule has 21 heavy (non-hydrogen) atoms. The molecule has 2 aromatic carbocycles. The van der Waals surface area contributed by atoms with Gasteiger partial charge in [0.2, 0.25) is 0 Å². The van der Waals surface area contributed by atoms with Crippen LogP contribution >= 0.6 is 0 Å². The maximum absolute atomic E-state index is 3.43. The zero-order valence-electron chi connectivity index (χ0n) is 12.4. The first kappa shape index (κ1) is 13.4. The van der Waals surface area contributed by atoms with E-state index in [1.54, 1.807) is 0 Å². The molecule has 0 radical (unpaired) electrons. The highest BCUT2D eigenvalue weighted by atomic mass is 15.1. The number of benzene rings is 2. The number of hydrogen-bond donors (Lipinski definition) is 1. The van der Waals surface area contributed by atoms with Crippen molar-refractivity contribution in [2.24, 2.45) is 0 Å². The molecule has 0 aliphatic carbocycles. The molecular formula is C18H20N3+. The van der Waals surface area contributed by atoms with Gasteiger partial charge in [0.05, 0.1) is 0 Å². The molecular weight excluding hydrogens is 258 g/mol. The van der Waals surface area contributed by atoms with E-state index >= 15 is 0 Å². The van der Waals surface area contributed by atoms with Crippen LogP contribution in [0.4, 0.5) is 11.5 Å². The number of nitrogens with one attached hydrogen (secondary N) is 2. The van der Waals surface area contributed by atoms with Gasteiger partial charge in [-0.05, 0) is 29.8 Å². The van der Waals surface area contributed by atoms with Gasteiger partial charge in [0.15, 0.2) is 0 Å². The average molecular weight is 278 g/mol. The van der Waals surface area contributed by atoms with E-state index in [0.29, 0.717) is 0 Å². The van der Waals surface area contributed by atoms with Crippen molar-refractivity contribution in [2.45, 2.75) is 6.54 Å². The summed E-state index contributed by atoms with van der Waals surface area (Å²) in [5, 5.41) is 4.65. The first-order chi connectivity index (χ1) is 10.2. The van der Waals surface area contributed by atoms with Crippen LogP contribution in [-0.2, 0) is 6.54 Å². The normalized spacial score (nSPS) is 10.6. The van der Waals surface area contributed by atoms with Crippen molar-refractivity contribution in [3.05, 3.63) is 66.2 Å². The monoisotopic (exact) mass is 278 g/mol. The minimum absolute atomic E-state index is 0.808. The molecule has 0 aliphatic heterocycles. The van der Waals surface area contributed by atoms with Crippen molar-refractivity contribution < 1.29 is 4.98 Å². The number of nitrogens with zero attached hydrogens (tertiary/aromatic N) is 1. The molecule has 1 aromatic heterocycles. The van der Waals surface area contributed by atoms with Crippen LogP contribution in [0.1, 0.15) is 5.56 Å². The SMILES string of the molecule is CN(C)c1ccc(CNc2ccc3ccccc3[nH+]2)cc1. The Labute approximate surface area is 125 Å². The molecule has 1 heterocycles. The van der Waals surface area contributed by atoms with Crippen LogP contribution in [0.15, 0.2) is 60.7 Å². The third-order valence-corrected chi connectivity index (χ3v) is 3.60. The van der Waals surface area contributed by atoms with E-state index in [1.165, 1.54) is 16.6 Å². The largest absolute Gasteiger partial charge is 0.378 e. The molecule has 0 aliphatic rings. The second-order valence-electron chi connectivity index (χ2n) is 5.37. The highest BCUT2D eigenvalue weighted by molar-refractivity contribution is 5.75. The minimum atomic E-state index is 0.808. The molecule has 106 valence electrons. The van der Waals surface area contributed by atoms with E-state index in [2.05, 4.69) is 83.9 Å². The van der Waals surface area contributed by atoms with Gasteiger partial charge in [0, 0.05) is 31.2 Å². The molecule has 3 nitrogen and oxygen atoms in total. The number of rotatable bonds is 4. The Morgan fingerprint density at radius 3 is 2.43 bits per heavy atom. The van der Waals surface area contributed by atoms with Gasteiger partial charge >= 0.3 is 0 Å². The van der Waals surface area contributed by atoms with Crippen LogP contribution in [0.2, 0.25) is 0 Å². The van der Waals surface area contributed by atoms with Gasteiger partial charge < -0.3 is 4.90 Å². The smallest absolute Gasteiger partial charge is 0.272 e. The van der Waals surface area contributed by atoms with Gasteiger partial charge in [-0.3, -0.25) is 5.32 Å². The van der Waals surface area contributed by atoms with Crippen LogP contribution in [0.5, 0.6) is 0 Å². The zero-order chi connectivity index (χ0) is 14.7. The molecule has 3 heteroatoms. The summed E-state index contributed by atoms with van der Waals surface area (Å²) in [5.41, 5.74) is 3.63. The van der Waals surface area contributed by atoms with Crippen LogP contribution in [0.3, 0.4) is 0 Å². The number of pyridine rings is 1. The second kappa shape index (κ2) is 5.83. The quantitative estimate of drug-likeness (QED) is 0.793. The lowest BCUT2D eigenvalue weighted by molar-refractivity contribution is -0.327. The van der Waals surface area contributed by atoms with Gasteiger partial charge in [0.25, 0.3) is 5.82 Å². The van der Waals surface area contributed by atoms with E-state index in [1.807, 2.05) is 6.07 Å².